The van der Waals surface area contributed by atoms with Crippen LogP contribution in [0.3, 0.4) is 0 Å². The van der Waals surface area contributed by atoms with Gasteiger partial charge in [-0.1, -0.05) is 60.7 Å². The average Bonchev–Trinajstić information content (AvgIpc) is 2.76. The van der Waals surface area contributed by atoms with Gasteiger partial charge in [-0.15, -0.1) is 0 Å². The van der Waals surface area contributed by atoms with Gasteiger partial charge in [-0.3, -0.25) is 14.9 Å². The van der Waals surface area contributed by atoms with E-state index in [1.807, 2.05) is 66.7 Å². The van der Waals surface area contributed by atoms with E-state index < -0.39 is 22.0 Å². The smallest absolute Gasteiger partial charge is 0.395 e. The molecular formula is C23H17N3O5. The topological polar surface area (TPSA) is 118 Å². The van der Waals surface area contributed by atoms with E-state index in [-0.39, 0.29) is 5.82 Å². The maximum atomic E-state index is 11.9. The van der Waals surface area contributed by atoms with Gasteiger partial charge in [-0.25, -0.2) is 0 Å². The number of benzene rings is 3. The van der Waals surface area contributed by atoms with Gasteiger partial charge in [0.05, 0.1) is 4.92 Å². The number of H-pyrrole nitrogens is 1. The molecule has 0 atom stereocenters. The zero-order chi connectivity index (χ0) is 21.8. The Bertz CT molecular complexity index is 1350. The minimum atomic E-state index is -1.03. The van der Waals surface area contributed by atoms with Crippen molar-refractivity contribution in [3.05, 3.63) is 104 Å². The molecule has 0 aliphatic rings. The van der Waals surface area contributed by atoms with Gasteiger partial charge in [0.25, 0.3) is 5.88 Å². The van der Waals surface area contributed by atoms with Crippen molar-refractivity contribution in [2.75, 3.05) is 0 Å². The molecule has 0 radical (unpaired) electrons. The Morgan fingerprint density at radius 3 is 2.52 bits per heavy atom. The Kier molecular flexibility index (Phi) is 5.44. The van der Waals surface area contributed by atoms with Crippen molar-refractivity contribution >= 4 is 28.6 Å². The van der Waals surface area contributed by atoms with E-state index in [0.717, 1.165) is 21.9 Å². The van der Waals surface area contributed by atoms with Crippen LogP contribution in [0.1, 0.15) is 17.0 Å². The Morgan fingerprint density at radius 2 is 1.77 bits per heavy atom. The van der Waals surface area contributed by atoms with Crippen LogP contribution in [0.4, 0.5) is 5.69 Å². The van der Waals surface area contributed by atoms with Crippen LogP contribution in [-0.4, -0.2) is 20.0 Å². The van der Waals surface area contributed by atoms with Crippen molar-refractivity contribution in [1.29, 1.82) is 0 Å². The molecule has 0 bridgehead atoms. The largest absolute Gasteiger partial charge is 0.488 e. The van der Waals surface area contributed by atoms with Crippen molar-refractivity contribution < 1.29 is 14.8 Å². The van der Waals surface area contributed by atoms with Crippen LogP contribution in [0, 0.1) is 10.1 Å². The number of nitrogens with zero attached hydrogens (tertiary/aromatic N) is 2. The first-order chi connectivity index (χ1) is 15.0. The molecule has 0 spiro atoms. The third kappa shape index (κ3) is 4.27. The van der Waals surface area contributed by atoms with Crippen LogP contribution >= 0.6 is 0 Å². The molecule has 0 unspecified atom stereocenters. The standard InChI is InChI=1S/C23H17N3O5/c27-22-21(26(29)30)23(28)25-20(24-22)13-11-18-17-9-5-4-8-16(17)10-12-19(18)31-14-15-6-2-1-3-7-15/h1-13H,14H2,(H2,24,25,27,28)/b13-11+. The average molecular weight is 415 g/mol. The third-order valence-electron chi connectivity index (χ3n) is 4.65. The summed E-state index contributed by atoms with van der Waals surface area (Å²) in [4.78, 5) is 27.8. The zero-order valence-electron chi connectivity index (χ0n) is 16.2. The van der Waals surface area contributed by atoms with E-state index >= 15 is 0 Å². The summed E-state index contributed by atoms with van der Waals surface area (Å²) in [5.74, 6) is -0.339. The van der Waals surface area contributed by atoms with Crippen molar-refractivity contribution in [3.8, 4) is 11.6 Å². The number of nitrogens with one attached hydrogen (secondary N) is 1. The maximum Gasteiger partial charge on any atom is 0.395 e. The third-order valence-corrected chi connectivity index (χ3v) is 4.65. The van der Waals surface area contributed by atoms with E-state index in [1.54, 1.807) is 6.08 Å². The number of hydrogen-bond donors (Lipinski definition) is 2. The molecule has 4 rings (SSSR count). The predicted molar refractivity (Wildman–Crippen MR) is 117 cm³/mol. The van der Waals surface area contributed by atoms with Crippen molar-refractivity contribution in [2.45, 2.75) is 6.61 Å². The number of aromatic nitrogens is 2. The first-order valence-corrected chi connectivity index (χ1v) is 9.37. The first kappa shape index (κ1) is 19.8. The molecule has 4 aromatic rings. The highest BCUT2D eigenvalue weighted by atomic mass is 16.6. The van der Waals surface area contributed by atoms with Gasteiger partial charge in [0.15, 0.2) is 0 Å². The van der Waals surface area contributed by atoms with Crippen molar-refractivity contribution in [1.82, 2.24) is 9.97 Å². The molecule has 8 heteroatoms. The van der Waals surface area contributed by atoms with Crippen LogP contribution in [-0.2, 0) is 6.61 Å². The summed E-state index contributed by atoms with van der Waals surface area (Å²) in [6, 6.07) is 21.3. The van der Waals surface area contributed by atoms with E-state index in [1.165, 1.54) is 6.08 Å². The summed E-state index contributed by atoms with van der Waals surface area (Å²) in [7, 11) is 0. The second-order valence-electron chi connectivity index (χ2n) is 6.69. The Hall–Kier alpha value is -4.46. The van der Waals surface area contributed by atoms with E-state index in [9.17, 15) is 20.0 Å². The van der Waals surface area contributed by atoms with Crippen LogP contribution in [0.5, 0.6) is 11.6 Å². The van der Waals surface area contributed by atoms with Gasteiger partial charge in [-0.05, 0) is 34.6 Å². The zero-order valence-corrected chi connectivity index (χ0v) is 16.2. The number of rotatable bonds is 6. The van der Waals surface area contributed by atoms with E-state index in [2.05, 4.69) is 9.97 Å². The lowest BCUT2D eigenvalue weighted by Crippen LogP contribution is -2.14. The number of hydrogen-bond acceptors (Lipinski definition) is 6. The first-order valence-electron chi connectivity index (χ1n) is 9.37. The van der Waals surface area contributed by atoms with Gasteiger partial charge in [0, 0.05) is 5.56 Å². The van der Waals surface area contributed by atoms with Crippen LogP contribution in [0.25, 0.3) is 22.9 Å². The molecular weight excluding hydrogens is 398 g/mol. The number of fused-ring (bicyclic) bond motifs is 1. The molecule has 2 N–H and O–H groups in total. The normalized spacial score (nSPS) is 11.1. The number of aromatic hydroxyl groups is 1. The number of ether oxygens (including phenoxy) is 1. The van der Waals surface area contributed by atoms with Crippen LogP contribution in [0.15, 0.2) is 71.5 Å². The molecule has 3 aromatic carbocycles. The summed E-state index contributed by atoms with van der Waals surface area (Å²) in [6.45, 7) is 0.368. The summed E-state index contributed by atoms with van der Waals surface area (Å²) >= 11 is 0. The lowest BCUT2D eigenvalue weighted by molar-refractivity contribution is -0.387. The summed E-state index contributed by atoms with van der Waals surface area (Å²) < 4.78 is 6.04. The van der Waals surface area contributed by atoms with Gasteiger partial charge in [0.2, 0.25) is 0 Å². The van der Waals surface area contributed by atoms with Gasteiger partial charge in [-0.2, -0.15) is 4.98 Å². The highest BCUT2D eigenvalue weighted by Crippen LogP contribution is 2.30. The fourth-order valence-electron chi connectivity index (χ4n) is 3.19. The minimum absolute atomic E-state index is 0.0185. The predicted octanol–water partition coefficient (Wildman–Crippen LogP) is 4.29. The molecule has 0 saturated carbocycles. The molecule has 0 aliphatic heterocycles. The van der Waals surface area contributed by atoms with Gasteiger partial charge in [0.1, 0.15) is 18.2 Å². The molecule has 1 aromatic heterocycles. The lowest BCUT2D eigenvalue weighted by atomic mass is 10.0. The second kappa shape index (κ2) is 8.50. The Balaban J connectivity index is 1.73. The second-order valence-corrected chi connectivity index (χ2v) is 6.69. The highest BCUT2D eigenvalue weighted by Gasteiger charge is 2.21. The molecule has 1 heterocycles. The van der Waals surface area contributed by atoms with E-state index in [0.29, 0.717) is 12.4 Å². The fraction of sp³-hybridized carbons (Fsp3) is 0.0435. The Labute approximate surface area is 176 Å². The molecule has 0 amide bonds. The van der Waals surface area contributed by atoms with Crippen molar-refractivity contribution in [3.63, 3.8) is 0 Å². The van der Waals surface area contributed by atoms with Crippen LogP contribution in [0.2, 0.25) is 0 Å². The summed E-state index contributed by atoms with van der Waals surface area (Å²) in [6.07, 6.45) is 3.15. The van der Waals surface area contributed by atoms with Crippen LogP contribution < -0.4 is 10.3 Å². The molecule has 154 valence electrons. The fourth-order valence-corrected chi connectivity index (χ4v) is 3.19. The Morgan fingerprint density at radius 1 is 1.03 bits per heavy atom. The quantitative estimate of drug-likeness (QED) is 0.358. The monoisotopic (exact) mass is 415 g/mol. The molecule has 0 aliphatic carbocycles. The number of nitro groups is 1. The van der Waals surface area contributed by atoms with E-state index in [4.69, 9.17) is 4.74 Å². The molecule has 8 nitrogen and oxygen atoms in total. The summed E-state index contributed by atoms with van der Waals surface area (Å²) in [5, 5.41) is 22.5. The van der Waals surface area contributed by atoms with Gasteiger partial charge < -0.3 is 14.8 Å². The summed E-state index contributed by atoms with van der Waals surface area (Å²) in [5.41, 5.74) is -0.267. The molecule has 0 fully saturated rings. The molecule has 0 saturated heterocycles. The SMILES string of the molecule is O=c1[nH]c(/C=C/c2c(OCc3ccccc3)ccc3ccccc23)nc(O)c1[N+](=O)[O-]. The van der Waals surface area contributed by atoms with Crippen molar-refractivity contribution in [2.24, 2.45) is 0 Å². The number of aromatic amines is 1. The minimum Gasteiger partial charge on any atom is -0.488 e. The van der Waals surface area contributed by atoms with Gasteiger partial charge >= 0.3 is 11.2 Å². The lowest BCUT2D eigenvalue weighted by Gasteiger charge is -2.12. The maximum absolute atomic E-state index is 11.9. The highest BCUT2D eigenvalue weighted by molar-refractivity contribution is 5.95. The molecule has 31 heavy (non-hydrogen) atoms.